The molecule has 1 aliphatic heterocycles. The summed E-state index contributed by atoms with van der Waals surface area (Å²) in [6, 6.07) is 20.0. The van der Waals surface area contributed by atoms with Gasteiger partial charge in [-0.25, -0.2) is 9.07 Å². The molecule has 0 fully saturated rings. The average molecular weight is 496 g/mol. The lowest BCUT2D eigenvalue weighted by molar-refractivity contribution is -0.115. The first-order valence-corrected chi connectivity index (χ1v) is 12.0. The Morgan fingerprint density at radius 3 is 2.43 bits per heavy atom. The van der Waals surface area contributed by atoms with Crippen LogP contribution in [0.5, 0.6) is 0 Å². The number of rotatable bonds is 4. The van der Waals surface area contributed by atoms with Crippen LogP contribution >= 0.6 is 0 Å². The highest BCUT2D eigenvalue weighted by molar-refractivity contribution is 6.15. The van der Waals surface area contributed by atoms with Gasteiger partial charge in [0.25, 0.3) is 11.8 Å². The Labute approximate surface area is 211 Å². The molecule has 3 amide bonds. The van der Waals surface area contributed by atoms with Gasteiger partial charge in [-0.15, -0.1) is 0 Å². The Morgan fingerprint density at radius 1 is 0.919 bits per heavy atom. The maximum atomic E-state index is 14.4. The third-order valence-electron chi connectivity index (χ3n) is 6.63. The first kappa shape index (κ1) is 22.7. The van der Waals surface area contributed by atoms with Crippen molar-refractivity contribution in [3.8, 4) is 5.69 Å². The highest BCUT2D eigenvalue weighted by Gasteiger charge is 2.29. The third kappa shape index (κ3) is 4.04. The van der Waals surface area contributed by atoms with E-state index in [-0.39, 0.29) is 24.1 Å². The number of halogens is 1. The minimum absolute atomic E-state index is 0.0793. The van der Waals surface area contributed by atoms with E-state index in [0.29, 0.717) is 34.7 Å². The van der Waals surface area contributed by atoms with Crippen LogP contribution < -0.4 is 15.5 Å². The second-order valence-electron chi connectivity index (χ2n) is 8.98. The fraction of sp³-hybridized carbons (Fsp3) is 0.143. The number of para-hydroxylation sites is 3. The van der Waals surface area contributed by atoms with Crippen molar-refractivity contribution >= 4 is 34.8 Å². The Balaban J connectivity index is 1.22. The van der Waals surface area contributed by atoms with Crippen molar-refractivity contribution in [2.24, 2.45) is 0 Å². The summed E-state index contributed by atoms with van der Waals surface area (Å²) in [5.74, 6) is -1.38. The number of carbonyl (C=O) groups excluding carboxylic acids is 3. The van der Waals surface area contributed by atoms with Gasteiger partial charge in [-0.3, -0.25) is 19.3 Å². The molecular formula is C28H22FN5O3. The van der Waals surface area contributed by atoms with Crippen LogP contribution in [-0.2, 0) is 17.6 Å². The second-order valence-corrected chi connectivity index (χ2v) is 8.98. The van der Waals surface area contributed by atoms with Gasteiger partial charge in [0.1, 0.15) is 18.0 Å². The van der Waals surface area contributed by atoms with Crippen LogP contribution in [0.25, 0.3) is 5.69 Å². The van der Waals surface area contributed by atoms with Crippen molar-refractivity contribution in [1.29, 1.82) is 0 Å². The molecular weight excluding hydrogens is 473 g/mol. The minimum Gasteiger partial charge on any atom is -0.323 e. The molecule has 0 bridgehead atoms. The fourth-order valence-electron chi connectivity index (χ4n) is 4.90. The zero-order chi connectivity index (χ0) is 25.5. The number of nitrogens with zero attached hydrogens (tertiary/aromatic N) is 3. The molecule has 8 nitrogen and oxygen atoms in total. The standard InChI is InChI=1S/C28H22FN5O3/c29-20-7-1-3-9-23(20)34-22-11-5-6-19(22)26(32-34)27(36)30-18-14-12-17(13-15-18)28(37)33-16-25(35)31-21-8-2-4-10-24(21)33/h1-4,7-10,12-15H,5-6,11,16H2,(H,30,36)(H,31,35). The van der Waals surface area contributed by atoms with Crippen LogP contribution in [0.15, 0.2) is 72.8 Å². The number of hydrogen-bond donors (Lipinski definition) is 2. The Hall–Kier alpha value is -4.79. The van der Waals surface area contributed by atoms with E-state index in [1.165, 1.54) is 15.6 Å². The highest BCUT2D eigenvalue weighted by atomic mass is 19.1. The predicted molar refractivity (Wildman–Crippen MR) is 137 cm³/mol. The maximum Gasteiger partial charge on any atom is 0.276 e. The number of hydrogen-bond acceptors (Lipinski definition) is 4. The van der Waals surface area contributed by atoms with E-state index in [4.69, 9.17) is 0 Å². The molecule has 9 heteroatoms. The van der Waals surface area contributed by atoms with Gasteiger partial charge in [0.15, 0.2) is 5.69 Å². The molecule has 4 aromatic rings. The highest BCUT2D eigenvalue weighted by Crippen LogP contribution is 2.31. The van der Waals surface area contributed by atoms with Crippen molar-refractivity contribution in [3.63, 3.8) is 0 Å². The van der Waals surface area contributed by atoms with E-state index in [0.717, 1.165) is 24.1 Å². The molecule has 6 rings (SSSR count). The van der Waals surface area contributed by atoms with Gasteiger partial charge in [-0.1, -0.05) is 24.3 Å². The molecule has 3 aromatic carbocycles. The molecule has 2 heterocycles. The van der Waals surface area contributed by atoms with Crippen LogP contribution in [0.3, 0.4) is 0 Å². The number of benzene rings is 3. The number of nitrogens with one attached hydrogen (secondary N) is 2. The van der Waals surface area contributed by atoms with Crippen LogP contribution in [0.2, 0.25) is 0 Å². The van der Waals surface area contributed by atoms with Gasteiger partial charge < -0.3 is 10.6 Å². The van der Waals surface area contributed by atoms with Gasteiger partial charge >= 0.3 is 0 Å². The first-order valence-electron chi connectivity index (χ1n) is 12.0. The molecule has 184 valence electrons. The van der Waals surface area contributed by atoms with Crippen LogP contribution in [-0.4, -0.2) is 34.0 Å². The van der Waals surface area contributed by atoms with Gasteiger partial charge in [0.05, 0.1) is 11.4 Å². The summed E-state index contributed by atoms with van der Waals surface area (Å²) in [6.07, 6.45) is 2.29. The normalized spacial score (nSPS) is 14.1. The molecule has 0 spiro atoms. The predicted octanol–water partition coefficient (Wildman–Crippen LogP) is 4.35. The van der Waals surface area contributed by atoms with Gasteiger partial charge in [0, 0.05) is 22.5 Å². The Morgan fingerprint density at radius 2 is 1.65 bits per heavy atom. The number of carbonyl (C=O) groups is 3. The summed E-state index contributed by atoms with van der Waals surface area (Å²) in [4.78, 5) is 39.8. The molecule has 0 saturated heterocycles. The molecule has 37 heavy (non-hydrogen) atoms. The van der Waals surface area contributed by atoms with E-state index < -0.39 is 11.7 Å². The van der Waals surface area contributed by atoms with Crippen LogP contribution in [0.4, 0.5) is 21.5 Å². The summed E-state index contributed by atoms with van der Waals surface area (Å²) < 4.78 is 16.0. The van der Waals surface area contributed by atoms with Crippen molar-refractivity contribution in [1.82, 2.24) is 9.78 Å². The second kappa shape index (κ2) is 9.02. The van der Waals surface area contributed by atoms with E-state index in [9.17, 15) is 18.8 Å². The van der Waals surface area contributed by atoms with E-state index >= 15 is 0 Å². The summed E-state index contributed by atoms with van der Waals surface area (Å²) in [7, 11) is 0. The summed E-state index contributed by atoms with van der Waals surface area (Å²) in [5.41, 5.74) is 4.35. The fourth-order valence-corrected chi connectivity index (χ4v) is 4.90. The average Bonchev–Trinajstić information content (AvgIpc) is 3.52. The maximum absolute atomic E-state index is 14.4. The van der Waals surface area contributed by atoms with E-state index in [1.807, 2.05) is 0 Å². The van der Waals surface area contributed by atoms with Crippen LogP contribution in [0.1, 0.15) is 38.5 Å². The minimum atomic E-state index is -0.402. The van der Waals surface area contributed by atoms with Crippen molar-refractivity contribution < 1.29 is 18.8 Å². The quantitative estimate of drug-likeness (QED) is 0.440. The van der Waals surface area contributed by atoms with Crippen molar-refractivity contribution in [2.75, 3.05) is 22.1 Å². The number of amides is 3. The molecule has 1 aliphatic carbocycles. The lowest BCUT2D eigenvalue weighted by Crippen LogP contribution is -2.42. The van der Waals surface area contributed by atoms with E-state index in [1.54, 1.807) is 66.7 Å². The zero-order valence-corrected chi connectivity index (χ0v) is 19.7. The molecule has 0 saturated carbocycles. The van der Waals surface area contributed by atoms with Crippen molar-refractivity contribution in [2.45, 2.75) is 19.3 Å². The lowest BCUT2D eigenvalue weighted by atomic mass is 10.1. The van der Waals surface area contributed by atoms with Gasteiger partial charge in [0.2, 0.25) is 5.91 Å². The van der Waals surface area contributed by atoms with Gasteiger partial charge in [-0.2, -0.15) is 5.10 Å². The third-order valence-corrected chi connectivity index (χ3v) is 6.63. The SMILES string of the molecule is O=C1CN(C(=O)c2ccc(NC(=O)c3nn(-c4ccccc4F)c4c3CCC4)cc2)c2ccccc2N1. The smallest absolute Gasteiger partial charge is 0.276 e. The number of anilines is 3. The van der Waals surface area contributed by atoms with Gasteiger partial charge in [-0.05, 0) is 67.8 Å². The largest absolute Gasteiger partial charge is 0.323 e. The summed E-state index contributed by atoms with van der Waals surface area (Å²) in [5, 5.41) is 10.1. The number of aromatic nitrogens is 2. The molecule has 1 aromatic heterocycles. The lowest BCUT2D eigenvalue weighted by Gasteiger charge is -2.29. The summed E-state index contributed by atoms with van der Waals surface area (Å²) in [6.45, 7) is -0.0793. The van der Waals surface area contributed by atoms with E-state index in [2.05, 4.69) is 15.7 Å². The van der Waals surface area contributed by atoms with Crippen LogP contribution in [0, 0.1) is 5.82 Å². The monoisotopic (exact) mass is 495 g/mol. The Bertz CT molecular complexity index is 1560. The topological polar surface area (TPSA) is 96.3 Å². The molecule has 2 aliphatic rings. The molecule has 0 unspecified atom stereocenters. The molecule has 0 atom stereocenters. The zero-order valence-electron chi connectivity index (χ0n) is 19.7. The molecule has 2 N–H and O–H groups in total. The first-order chi connectivity index (χ1) is 18.0. The van der Waals surface area contributed by atoms with Crippen molar-refractivity contribution in [3.05, 3.63) is 101 Å². The number of fused-ring (bicyclic) bond motifs is 2. The molecule has 0 radical (unpaired) electrons. The Kier molecular flexibility index (Phi) is 5.52. The summed E-state index contributed by atoms with van der Waals surface area (Å²) >= 11 is 0.